The van der Waals surface area contributed by atoms with Crippen LogP contribution in [0.25, 0.3) is 11.4 Å². The first-order valence-electron chi connectivity index (χ1n) is 5.32. The van der Waals surface area contributed by atoms with Crippen molar-refractivity contribution >= 4 is 0 Å². The monoisotopic (exact) mass is 230 g/mol. The maximum absolute atomic E-state index is 9.85. The van der Waals surface area contributed by atoms with Crippen LogP contribution in [0, 0.1) is 20.8 Å². The zero-order chi connectivity index (χ0) is 12.6. The summed E-state index contributed by atoms with van der Waals surface area (Å²) in [5.41, 5.74) is 3.17. The summed E-state index contributed by atoms with van der Waals surface area (Å²) >= 11 is 0. The lowest BCUT2D eigenvalue weighted by atomic mass is 10.1. The molecule has 2 rings (SSSR count). The summed E-state index contributed by atoms with van der Waals surface area (Å²) in [7, 11) is 0. The number of hydrogen-bond acceptors (Lipinski definition) is 4. The minimum atomic E-state index is 0.0241. The molecule has 0 bridgehead atoms. The van der Waals surface area contributed by atoms with Crippen molar-refractivity contribution in [2.75, 3.05) is 0 Å². The molecule has 2 heterocycles. The van der Waals surface area contributed by atoms with Crippen LogP contribution in [0.15, 0.2) is 18.3 Å². The van der Waals surface area contributed by atoms with Crippen LogP contribution in [0.5, 0.6) is 11.5 Å². The van der Waals surface area contributed by atoms with Crippen LogP contribution >= 0.6 is 0 Å². The molecule has 0 amide bonds. The minimum absolute atomic E-state index is 0.0241. The van der Waals surface area contributed by atoms with Gasteiger partial charge in [-0.3, -0.25) is 4.98 Å². The fourth-order valence-electron chi connectivity index (χ4n) is 1.60. The van der Waals surface area contributed by atoms with E-state index in [0.717, 1.165) is 16.8 Å². The molecular weight excluding hydrogens is 216 g/mol. The molecule has 0 saturated carbocycles. The fourth-order valence-corrected chi connectivity index (χ4v) is 1.60. The largest absolute Gasteiger partial charge is 0.506 e. The number of aromatic nitrogens is 2. The van der Waals surface area contributed by atoms with Crippen molar-refractivity contribution in [1.29, 1.82) is 0 Å². The summed E-state index contributed by atoms with van der Waals surface area (Å²) in [5.74, 6) is 0.0517. The van der Waals surface area contributed by atoms with Gasteiger partial charge in [0.25, 0.3) is 0 Å². The molecule has 2 N–H and O–H groups in total. The predicted molar refractivity (Wildman–Crippen MR) is 65.0 cm³/mol. The summed E-state index contributed by atoms with van der Waals surface area (Å²) in [6.45, 7) is 5.56. The van der Waals surface area contributed by atoms with Crippen LogP contribution in [-0.4, -0.2) is 20.2 Å². The minimum Gasteiger partial charge on any atom is -0.506 e. The molecule has 88 valence electrons. The highest BCUT2D eigenvalue weighted by atomic mass is 16.3. The first-order chi connectivity index (χ1) is 7.99. The number of pyridine rings is 2. The molecule has 0 radical (unpaired) electrons. The van der Waals surface area contributed by atoms with E-state index in [9.17, 15) is 10.2 Å². The van der Waals surface area contributed by atoms with Gasteiger partial charge in [-0.1, -0.05) is 0 Å². The molecule has 0 atom stereocenters. The van der Waals surface area contributed by atoms with Gasteiger partial charge in [-0.15, -0.1) is 0 Å². The number of aryl methyl sites for hydroxylation is 3. The number of rotatable bonds is 1. The van der Waals surface area contributed by atoms with Gasteiger partial charge >= 0.3 is 0 Å². The Bertz CT molecular complexity index is 580. The van der Waals surface area contributed by atoms with Gasteiger partial charge < -0.3 is 10.2 Å². The molecule has 0 aliphatic carbocycles. The Morgan fingerprint density at radius 1 is 0.941 bits per heavy atom. The first-order valence-corrected chi connectivity index (χ1v) is 5.32. The molecule has 0 aliphatic heterocycles. The highest BCUT2D eigenvalue weighted by Gasteiger charge is 2.13. The van der Waals surface area contributed by atoms with Crippen molar-refractivity contribution in [2.45, 2.75) is 20.8 Å². The zero-order valence-corrected chi connectivity index (χ0v) is 10.0. The van der Waals surface area contributed by atoms with Crippen molar-refractivity contribution in [1.82, 2.24) is 9.97 Å². The molecular formula is C13H14N2O2. The second kappa shape index (κ2) is 4.05. The second-order valence-corrected chi connectivity index (χ2v) is 4.14. The molecule has 0 aliphatic rings. The Labute approximate surface area is 99.6 Å². The van der Waals surface area contributed by atoms with Crippen molar-refractivity contribution in [2.24, 2.45) is 0 Å². The molecule has 0 aromatic carbocycles. The molecule has 2 aromatic heterocycles. The van der Waals surface area contributed by atoms with Crippen LogP contribution in [0.2, 0.25) is 0 Å². The lowest BCUT2D eigenvalue weighted by Crippen LogP contribution is -1.94. The molecule has 4 nitrogen and oxygen atoms in total. The van der Waals surface area contributed by atoms with E-state index < -0.39 is 0 Å². The van der Waals surface area contributed by atoms with Crippen molar-refractivity contribution in [3.63, 3.8) is 0 Å². The molecule has 0 fully saturated rings. The topological polar surface area (TPSA) is 66.2 Å². The molecule has 0 saturated heterocycles. The quantitative estimate of drug-likeness (QED) is 0.789. The van der Waals surface area contributed by atoms with Crippen molar-refractivity contribution in [3.8, 4) is 22.9 Å². The van der Waals surface area contributed by atoms with Gasteiger partial charge in [0, 0.05) is 11.9 Å². The molecule has 2 aromatic rings. The molecule has 4 heteroatoms. The standard InChI is InChI=1S/C13H14N2O2/c1-7-4-10(16)12(14-6-7)13-11(17)5-8(2)9(3)15-13/h4-6,16-17H,1-3H3. The number of hydrogen-bond donors (Lipinski definition) is 2. The van der Waals surface area contributed by atoms with Gasteiger partial charge in [0.05, 0.1) is 0 Å². The normalized spacial score (nSPS) is 10.5. The fraction of sp³-hybridized carbons (Fsp3) is 0.231. The van der Waals surface area contributed by atoms with E-state index in [0.29, 0.717) is 11.4 Å². The Hall–Kier alpha value is -2.10. The van der Waals surface area contributed by atoms with E-state index in [1.165, 1.54) is 0 Å². The van der Waals surface area contributed by atoms with Crippen molar-refractivity contribution < 1.29 is 10.2 Å². The summed E-state index contributed by atoms with van der Waals surface area (Å²) in [6, 6.07) is 3.22. The summed E-state index contributed by atoms with van der Waals surface area (Å²) in [6.07, 6.45) is 1.63. The van der Waals surface area contributed by atoms with Gasteiger partial charge in [0.15, 0.2) is 0 Å². The number of aromatic hydroxyl groups is 2. The van der Waals surface area contributed by atoms with E-state index in [-0.39, 0.29) is 11.5 Å². The van der Waals surface area contributed by atoms with Gasteiger partial charge in [-0.2, -0.15) is 0 Å². The lowest BCUT2D eigenvalue weighted by molar-refractivity contribution is 0.464. The number of nitrogens with zero attached hydrogens (tertiary/aromatic N) is 2. The molecule has 17 heavy (non-hydrogen) atoms. The van der Waals surface area contributed by atoms with Gasteiger partial charge in [0.2, 0.25) is 0 Å². The average Bonchev–Trinajstić information content (AvgIpc) is 2.24. The Morgan fingerprint density at radius 3 is 2.24 bits per heavy atom. The van der Waals surface area contributed by atoms with E-state index in [1.54, 1.807) is 18.3 Å². The SMILES string of the molecule is Cc1cnc(-c2nc(C)c(C)cc2O)c(O)c1. The Morgan fingerprint density at radius 2 is 1.59 bits per heavy atom. The Kier molecular flexibility index (Phi) is 2.71. The highest BCUT2D eigenvalue weighted by Crippen LogP contribution is 2.33. The third-order valence-corrected chi connectivity index (χ3v) is 2.67. The van der Waals surface area contributed by atoms with Crippen LogP contribution in [-0.2, 0) is 0 Å². The predicted octanol–water partition coefficient (Wildman–Crippen LogP) is 2.48. The third kappa shape index (κ3) is 2.06. The van der Waals surface area contributed by atoms with Crippen LogP contribution in [0.1, 0.15) is 16.8 Å². The summed E-state index contributed by atoms with van der Waals surface area (Å²) < 4.78 is 0. The zero-order valence-electron chi connectivity index (χ0n) is 10.0. The maximum atomic E-state index is 9.85. The molecule has 0 unspecified atom stereocenters. The van der Waals surface area contributed by atoms with Crippen LogP contribution < -0.4 is 0 Å². The van der Waals surface area contributed by atoms with E-state index >= 15 is 0 Å². The highest BCUT2D eigenvalue weighted by molar-refractivity contribution is 5.68. The summed E-state index contributed by atoms with van der Waals surface area (Å²) in [5, 5.41) is 19.7. The van der Waals surface area contributed by atoms with Gasteiger partial charge in [-0.05, 0) is 44.0 Å². The van der Waals surface area contributed by atoms with Crippen LogP contribution in [0.3, 0.4) is 0 Å². The van der Waals surface area contributed by atoms with Gasteiger partial charge in [-0.25, -0.2) is 4.98 Å². The average molecular weight is 230 g/mol. The van der Waals surface area contributed by atoms with Gasteiger partial charge in [0.1, 0.15) is 22.9 Å². The van der Waals surface area contributed by atoms with E-state index in [4.69, 9.17) is 0 Å². The second-order valence-electron chi connectivity index (χ2n) is 4.14. The first kappa shape index (κ1) is 11.4. The smallest absolute Gasteiger partial charge is 0.143 e. The van der Waals surface area contributed by atoms with E-state index in [2.05, 4.69) is 9.97 Å². The maximum Gasteiger partial charge on any atom is 0.143 e. The summed E-state index contributed by atoms with van der Waals surface area (Å²) in [4.78, 5) is 8.37. The lowest BCUT2D eigenvalue weighted by Gasteiger charge is -2.08. The Balaban J connectivity index is 2.64. The van der Waals surface area contributed by atoms with Crippen LogP contribution in [0.4, 0.5) is 0 Å². The van der Waals surface area contributed by atoms with E-state index in [1.807, 2.05) is 20.8 Å². The molecule has 0 spiro atoms. The van der Waals surface area contributed by atoms with Crippen molar-refractivity contribution in [3.05, 3.63) is 35.2 Å². The third-order valence-electron chi connectivity index (χ3n) is 2.67.